The third-order valence-corrected chi connectivity index (χ3v) is 8.59. The molecule has 204 valence electrons. The van der Waals surface area contributed by atoms with E-state index in [1.54, 1.807) is 12.1 Å². The topological polar surface area (TPSA) is 68.8 Å². The molecule has 1 aromatic heterocycles. The quantitative estimate of drug-likeness (QED) is 0.632. The summed E-state index contributed by atoms with van der Waals surface area (Å²) in [6, 6.07) is 8.95. The molecule has 38 heavy (non-hydrogen) atoms. The lowest BCUT2D eigenvalue weighted by Crippen LogP contribution is -2.61. The van der Waals surface area contributed by atoms with Gasteiger partial charge in [0.2, 0.25) is 11.8 Å². The Morgan fingerprint density at radius 1 is 1.13 bits per heavy atom. The second-order valence-electron chi connectivity index (χ2n) is 12.3. The van der Waals surface area contributed by atoms with Gasteiger partial charge >= 0.3 is 0 Å². The number of carbonyl (C=O) groups is 2. The van der Waals surface area contributed by atoms with Gasteiger partial charge in [-0.2, -0.15) is 0 Å². The number of benzene rings is 1. The van der Waals surface area contributed by atoms with Gasteiger partial charge in [-0.3, -0.25) is 19.5 Å². The van der Waals surface area contributed by atoms with Crippen LogP contribution in [0.5, 0.6) is 0 Å². The Bertz CT molecular complexity index is 1200. The number of rotatable bonds is 6. The minimum absolute atomic E-state index is 0.0560. The van der Waals surface area contributed by atoms with Gasteiger partial charge in [-0.25, -0.2) is 4.39 Å². The van der Waals surface area contributed by atoms with Crippen molar-refractivity contribution in [3.63, 3.8) is 0 Å². The molecule has 1 aromatic carbocycles. The summed E-state index contributed by atoms with van der Waals surface area (Å²) in [4.78, 5) is 37.5. The molecular weight excluding hydrogens is 481 g/mol. The number of pyridine rings is 1. The first-order chi connectivity index (χ1) is 18.0. The zero-order chi connectivity index (χ0) is 27.2. The van der Waals surface area contributed by atoms with Gasteiger partial charge in [0.25, 0.3) is 0 Å². The van der Waals surface area contributed by atoms with E-state index in [2.05, 4.69) is 44.0 Å². The van der Waals surface area contributed by atoms with Crippen LogP contribution in [0.1, 0.15) is 51.4 Å². The molecule has 2 saturated heterocycles. The van der Waals surface area contributed by atoms with Crippen molar-refractivity contribution in [1.82, 2.24) is 20.1 Å². The first kappa shape index (κ1) is 26.8. The summed E-state index contributed by atoms with van der Waals surface area (Å²) in [7, 11) is 0. The molecule has 0 aliphatic carbocycles. The first-order valence-corrected chi connectivity index (χ1v) is 13.8. The summed E-state index contributed by atoms with van der Waals surface area (Å²) < 4.78 is 13.4. The van der Waals surface area contributed by atoms with Crippen molar-refractivity contribution in [1.29, 1.82) is 0 Å². The van der Waals surface area contributed by atoms with E-state index >= 15 is 0 Å². The number of halogens is 1. The summed E-state index contributed by atoms with van der Waals surface area (Å²) in [5, 5.41) is 3.54. The number of nitrogens with one attached hydrogen (secondary N) is 1. The minimum atomic E-state index is -0.252. The van der Waals surface area contributed by atoms with Crippen molar-refractivity contribution in [3.8, 4) is 0 Å². The van der Waals surface area contributed by atoms with Crippen molar-refractivity contribution >= 4 is 17.5 Å². The van der Waals surface area contributed by atoms with E-state index in [0.29, 0.717) is 32.0 Å². The van der Waals surface area contributed by atoms with E-state index in [9.17, 15) is 14.0 Å². The largest absolute Gasteiger partial charge is 0.341 e. The van der Waals surface area contributed by atoms with Crippen LogP contribution >= 0.6 is 0 Å². The van der Waals surface area contributed by atoms with Crippen LogP contribution in [0, 0.1) is 17.7 Å². The number of piperazine rings is 1. The third-order valence-electron chi connectivity index (χ3n) is 8.59. The van der Waals surface area contributed by atoms with E-state index < -0.39 is 0 Å². The fourth-order valence-electron chi connectivity index (χ4n) is 6.14. The third kappa shape index (κ3) is 5.34. The molecule has 3 aliphatic heterocycles. The zero-order valence-electron chi connectivity index (χ0n) is 23.2. The molecule has 4 heterocycles. The molecule has 7 nitrogen and oxygen atoms in total. The Balaban J connectivity index is 1.33. The number of anilines is 1. The second-order valence-corrected chi connectivity index (χ2v) is 12.3. The van der Waals surface area contributed by atoms with Gasteiger partial charge in [-0.1, -0.05) is 39.8 Å². The highest BCUT2D eigenvalue weighted by atomic mass is 19.1. The summed E-state index contributed by atoms with van der Waals surface area (Å²) in [5.74, 6) is 0.440. The van der Waals surface area contributed by atoms with Crippen LogP contribution in [0.15, 0.2) is 36.5 Å². The van der Waals surface area contributed by atoms with Crippen molar-refractivity contribution in [3.05, 3.63) is 59.2 Å². The molecule has 2 fully saturated rings. The Kier molecular flexibility index (Phi) is 7.31. The maximum absolute atomic E-state index is 13.8. The lowest BCUT2D eigenvalue weighted by Gasteiger charge is -2.41. The highest BCUT2D eigenvalue weighted by molar-refractivity contribution is 5.97. The minimum Gasteiger partial charge on any atom is -0.341 e. The molecule has 5 rings (SSSR count). The predicted molar refractivity (Wildman–Crippen MR) is 147 cm³/mol. The molecular formula is C30H40FN5O2. The van der Waals surface area contributed by atoms with Gasteiger partial charge in [0.1, 0.15) is 5.82 Å². The first-order valence-electron chi connectivity index (χ1n) is 13.8. The fraction of sp³-hybridized carbons (Fsp3) is 0.567. The standard InChI is InChI=1S/C30H40FN5O2/c1-19-14-35(29(38)21(19)3)16-25-13-32-20(2)15-34(25)17-27(37)36-18-30(4,5)28-26(36)11-23(12-33-28)10-22-6-8-24(31)9-7-22/h6-9,11-12,19-21,25,32H,10,13-18H2,1-5H3/t19-,20-,21-,25-/m1/s1. The van der Waals surface area contributed by atoms with E-state index in [0.717, 1.165) is 42.1 Å². The predicted octanol–water partition coefficient (Wildman–Crippen LogP) is 3.21. The number of amides is 2. The second kappa shape index (κ2) is 10.4. The summed E-state index contributed by atoms with van der Waals surface area (Å²) in [6.45, 7) is 14.4. The fourth-order valence-corrected chi connectivity index (χ4v) is 6.14. The van der Waals surface area contributed by atoms with Crippen molar-refractivity contribution in [2.24, 2.45) is 11.8 Å². The van der Waals surface area contributed by atoms with Crippen LogP contribution in [0.2, 0.25) is 0 Å². The van der Waals surface area contributed by atoms with Crippen LogP contribution in [-0.4, -0.2) is 78.0 Å². The highest BCUT2D eigenvalue weighted by Gasteiger charge is 2.42. The maximum atomic E-state index is 13.8. The Morgan fingerprint density at radius 2 is 1.87 bits per heavy atom. The number of likely N-dealkylation sites (tertiary alicyclic amines) is 1. The molecule has 2 aromatic rings. The van der Waals surface area contributed by atoms with Crippen LogP contribution in [-0.2, 0) is 21.4 Å². The van der Waals surface area contributed by atoms with E-state index in [4.69, 9.17) is 4.98 Å². The van der Waals surface area contributed by atoms with Gasteiger partial charge in [-0.15, -0.1) is 0 Å². The molecule has 0 radical (unpaired) electrons. The lowest BCUT2D eigenvalue weighted by molar-refractivity contribution is -0.131. The molecule has 2 amide bonds. The number of carbonyl (C=O) groups excluding carboxylic acids is 2. The number of aromatic nitrogens is 1. The molecule has 0 bridgehead atoms. The van der Waals surface area contributed by atoms with Gasteiger partial charge in [0.05, 0.1) is 17.9 Å². The van der Waals surface area contributed by atoms with Crippen LogP contribution < -0.4 is 10.2 Å². The summed E-state index contributed by atoms with van der Waals surface area (Å²) in [6.07, 6.45) is 2.50. The van der Waals surface area contributed by atoms with Gasteiger partial charge in [0, 0.05) is 62.3 Å². The molecule has 8 heteroatoms. The number of fused-ring (bicyclic) bond motifs is 1. The van der Waals surface area contributed by atoms with Crippen molar-refractivity contribution < 1.29 is 14.0 Å². The molecule has 4 atom stereocenters. The van der Waals surface area contributed by atoms with Gasteiger partial charge in [-0.05, 0) is 48.6 Å². The Morgan fingerprint density at radius 3 is 2.55 bits per heavy atom. The molecule has 0 saturated carbocycles. The Labute approximate surface area is 225 Å². The van der Waals surface area contributed by atoms with Crippen molar-refractivity contribution in [2.45, 2.75) is 58.5 Å². The van der Waals surface area contributed by atoms with Gasteiger partial charge < -0.3 is 15.1 Å². The van der Waals surface area contributed by atoms with E-state index in [1.807, 2.05) is 22.9 Å². The Hall–Kier alpha value is -2.84. The van der Waals surface area contributed by atoms with Crippen LogP contribution in [0.25, 0.3) is 0 Å². The highest BCUT2D eigenvalue weighted by Crippen LogP contribution is 2.40. The molecule has 0 spiro atoms. The average molecular weight is 522 g/mol. The maximum Gasteiger partial charge on any atom is 0.241 e. The smallest absolute Gasteiger partial charge is 0.241 e. The van der Waals surface area contributed by atoms with Crippen LogP contribution in [0.4, 0.5) is 10.1 Å². The number of hydrogen-bond donors (Lipinski definition) is 1. The van der Waals surface area contributed by atoms with Crippen LogP contribution in [0.3, 0.4) is 0 Å². The summed E-state index contributed by atoms with van der Waals surface area (Å²) >= 11 is 0. The lowest BCUT2D eigenvalue weighted by atomic mass is 9.91. The zero-order valence-corrected chi connectivity index (χ0v) is 23.2. The molecule has 3 aliphatic rings. The van der Waals surface area contributed by atoms with E-state index in [1.165, 1.54) is 12.1 Å². The normalized spacial score (nSPS) is 27.2. The summed E-state index contributed by atoms with van der Waals surface area (Å²) in [5.41, 5.74) is 3.56. The van der Waals surface area contributed by atoms with E-state index in [-0.39, 0.29) is 41.0 Å². The van der Waals surface area contributed by atoms with Gasteiger partial charge in [0.15, 0.2) is 0 Å². The van der Waals surface area contributed by atoms with Crippen molar-refractivity contribution in [2.75, 3.05) is 44.2 Å². The number of nitrogens with zero attached hydrogens (tertiary/aromatic N) is 4. The average Bonchev–Trinajstić information content (AvgIpc) is 3.28. The molecule has 0 unspecified atom stereocenters. The molecule has 1 N–H and O–H groups in total. The SMILES string of the molecule is C[C@@H]1CN(CC(=O)N2CC(C)(C)c3ncc(Cc4ccc(F)cc4)cc32)[C@@H](CN2C[C@@H](C)[C@@H](C)C2=O)CN1. The number of hydrogen-bond acceptors (Lipinski definition) is 5. The monoisotopic (exact) mass is 521 g/mol.